The number of anilines is 1. The van der Waals surface area contributed by atoms with E-state index in [1.807, 2.05) is 50.2 Å². The number of fused-ring (bicyclic) bond motifs is 1. The van der Waals surface area contributed by atoms with Gasteiger partial charge in [0.25, 0.3) is 5.56 Å². The molecule has 0 saturated carbocycles. The Balaban J connectivity index is 1.29. The number of benzene rings is 2. The third-order valence-electron chi connectivity index (χ3n) is 8.08. The lowest BCUT2D eigenvalue weighted by Crippen LogP contribution is -2.50. The van der Waals surface area contributed by atoms with Crippen molar-refractivity contribution in [1.29, 1.82) is 0 Å². The van der Waals surface area contributed by atoms with Crippen LogP contribution in [0.25, 0.3) is 33.4 Å². The molecule has 0 aliphatic carbocycles. The summed E-state index contributed by atoms with van der Waals surface area (Å²) < 4.78 is 6.98. The van der Waals surface area contributed by atoms with Crippen molar-refractivity contribution in [3.05, 3.63) is 99.8 Å². The van der Waals surface area contributed by atoms with Gasteiger partial charge in [-0.2, -0.15) is 4.98 Å². The van der Waals surface area contributed by atoms with E-state index in [0.717, 1.165) is 16.8 Å². The van der Waals surface area contributed by atoms with Gasteiger partial charge in [-0.3, -0.25) is 14.3 Å². The van der Waals surface area contributed by atoms with Gasteiger partial charge in [-0.25, -0.2) is 14.8 Å². The zero-order chi connectivity index (χ0) is 32.3. The van der Waals surface area contributed by atoms with Gasteiger partial charge in [0.2, 0.25) is 5.95 Å². The Morgan fingerprint density at radius 1 is 1.04 bits per heavy atom. The molecule has 236 valence electrons. The van der Waals surface area contributed by atoms with Crippen molar-refractivity contribution in [2.45, 2.75) is 45.4 Å². The van der Waals surface area contributed by atoms with Crippen molar-refractivity contribution >= 4 is 34.7 Å². The number of nitrogens with one attached hydrogen (secondary N) is 1. The quantitative estimate of drug-likeness (QED) is 0.226. The van der Waals surface area contributed by atoms with Crippen molar-refractivity contribution in [1.82, 2.24) is 29.4 Å². The normalized spacial score (nSPS) is 14.3. The Morgan fingerprint density at radius 3 is 2.54 bits per heavy atom. The lowest BCUT2D eigenvalue weighted by atomic mass is 9.91. The van der Waals surface area contributed by atoms with Crippen molar-refractivity contribution in [2.24, 2.45) is 0 Å². The second kappa shape index (κ2) is 13.2. The first kappa shape index (κ1) is 31.1. The first-order valence-corrected chi connectivity index (χ1v) is 15.5. The molecule has 6 rings (SSSR count). The lowest BCUT2D eigenvalue weighted by Gasteiger charge is -2.38. The van der Waals surface area contributed by atoms with Gasteiger partial charge in [0.15, 0.2) is 0 Å². The summed E-state index contributed by atoms with van der Waals surface area (Å²) in [5.41, 5.74) is 2.77. The van der Waals surface area contributed by atoms with E-state index in [1.54, 1.807) is 41.7 Å². The first-order valence-electron chi connectivity index (χ1n) is 15.1. The van der Waals surface area contributed by atoms with Crippen LogP contribution in [0.1, 0.15) is 31.0 Å². The molecule has 5 aromatic rings. The Labute approximate surface area is 270 Å². The monoisotopic (exact) mass is 639 g/mol. The molecule has 2 aromatic carbocycles. The topological polar surface area (TPSA) is 135 Å². The van der Waals surface area contributed by atoms with Crippen LogP contribution in [-0.2, 0) is 17.9 Å². The SMILES string of the molecule is CCNc1ncc2cc(-c3ccc(-c4cncc(C)n4)cc3Cl)c(=O)n(CC3(O)CCN(C(=O)OCc4ccccc4)CC3)c2n1. The van der Waals surface area contributed by atoms with Gasteiger partial charge >= 0.3 is 6.09 Å². The molecule has 0 radical (unpaired) electrons. The van der Waals surface area contributed by atoms with Gasteiger partial charge in [-0.1, -0.05) is 54.1 Å². The lowest BCUT2D eigenvalue weighted by molar-refractivity contribution is -0.0330. The number of pyridine rings is 1. The van der Waals surface area contributed by atoms with Crippen LogP contribution in [0.3, 0.4) is 0 Å². The summed E-state index contributed by atoms with van der Waals surface area (Å²) in [5.74, 6) is 0.375. The van der Waals surface area contributed by atoms with Gasteiger partial charge in [0.1, 0.15) is 12.3 Å². The van der Waals surface area contributed by atoms with E-state index in [1.165, 1.54) is 4.57 Å². The number of piperidine rings is 1. The van der Waals surface area contributed by atoms with Crippen LogP contribution in [0.4, 0.5) is 10.7 Å². The Kier molecular flexibility index (Phi) is 8.96. The predicted molar refractivity (Wildman–Crippen MR) is 177 cm³/mol. The number of aliphatic hydroxyl groups is 1. The second-order valence-corrected chi connectivity index (χ2v) is 11.9. The van der Waals surface area contributed by atoms with Gasteiger partial charge in [-0.15, -0.1) is 0 Å². The molecule has 1 saturated heterocycles. The van der Waals surface area contributed by atoms with Gasteiger partial charge < -0.3 is 20.1 Å². The standard InChI is InChI=1S/C34H34ClN7O4/c1-3-37-32-38-18-25-15-27(26-10-9-24(16-28(26)35)29-19-36-17-22(2)39-29)31(43)42(30(25)40-32)21-34(45)11-13-41(14-12-34)33(44)46-20-23-7-5-4-6-8-23/h4-10,15-19,45H,3,11-14,20-21H2,1-2H3,(H,37,38,40). The number of amides is 1. The minimum Gasteiger partial charge on any atom is -0.445 e. The van der Waals surface area contributed by atoms with E-state index in [4.69, 9.17) is 16.3 Å². The number of ether oxygens (including phenoxy) is 1. The summed E-state index contributed by atoms with van der Waals surface area (Å²) in [6.07, 6.45) is 5.06. The fourth-order valence-electron chi connectivity index (χ4n) is 5.61. The fourth-order valence-corrected chi connectivity index (χ4v) is 5.89. The number of halogens is 1. The summed E-state index contributed by atoms with van der Waals surface area (Å²) in [5, 5.41) is 15.8. The van der Waals surface area contributed by atoms with Crippen molar-refractivity contribution in [3.8, 4) is 22.4 Å². The number of nitrogens with zero attached hydrogens (tertiary/aromatic N) is 6. The number of hydrogen-bond donors (Lipinski definition) is 2. The molecule has 1 amide bonds. The summed E-state index contributed by atoms with van der Waals surface area (Å²) in [6, 6.07) is 16.6. The summed E-state index contributed by atoms with van der Waals surface area (Å²) in [6.45, 7) is 5.10. The highest BCUT2D eigenvalue weighted by Crippen LogP contribution is 2.32. The molecule has 46 heavy (non-hydrogen) atoms. The van der Waals surface area contributed by atoms with E-state index in [0.29, 0.717) is 45.4 Å². The van der Waals surface area contributed by atoms with Crippen LogP contribution >= 0.6 is 11.6 Å². The highest BCUT2D eigenvalue weighted by molar-refractivity contribution is 6.33. The highest BCUT2D eigenvalue weighted by atomic mass is 35.5. The van der Waals surface area contributed by atoms with E-state index < -0.39 is 11.7 Å². The molecule has 1 aliphatic heterocycles. The van der Waals surface area contributed by atoms with Crippen molar-refractivity contribution in [2.75, 3.05) is 25.0 Å². The van der Waals surface area contributed by atoms with E-state index in [2.05, 4.69) is 25.3 Å². The molecule has 2 N–H and O–H groups in total. The molecule has 0 bridgehead atoms. The second-order valence-electron chi connectivity index (χ2n) is 11.4. The highest BCUT2D eigenvalue weighted by Gasteiger charge is 2.36. The van der Waals surface area contributed by atoms with Crippen LogP contribution in [0.2, 0.25) is 5.02 Å². The minimum atomic E-state index is -1.27. The number of likely N-dealkylation sites (tertiary alicyclic amines) is 1. The molecule has 3 aromatic heterocycles. The van der Waals surface area contributed by atoms with Gasteiger partial charge in [0, 0.05) is 59.1 Å². The maximum atomic E-state index is 14.2. The number of carbonyl (C=O) groups excluding carboxylic acids is 1. The summed E-state index contributed by atoms with van der Waals surface area (Å²) in [7, 11) is 0. The third kappa shape index (κ3) is 6.70. The van der Waals surface area contributed by atoms with Crippen LogP contribution in [0.5, 0.6) is 0 Å². The van der Waals surface area contributed by atoms with E-state index in [9.17, 15) is 14.7 Å². The van der Waals surface area contributed by atoms with Crippen molar-refractivity contribution in [3.63, 3.8) is 0 Å². The Bertz CT molecular complexity index is 1940. The largest absolute Gasteiger partial charge is 0.445 e. The van der Waals surface area contributed by atoms with E-state index >= 15 is 0 Å². The van der Waals surface area contributed by atoms with Crippen LogP contribution in [0, 0.1) is 6.92 Å². The van der Waals surface area contributed by atoms with Crippen LogP contribution in [0.15, 0.2) is 78.0 Å². The smallest absolute Gasteiger partial charge is 0.410 e. The third-order valence-corrected chi connectivity index (χ3v) is 8.39. The molecule has 0 atom stereocenters. The average Bonchev–Trinajstić information content (AvgIpc) is 3.06. The van der Waals surface area contributed by atoms with Gasteiger partial charge in [0.05, 0.1) is 29.7 Å². The number of rotatable bonds is 8. The average molecular weight is 640 g/mol. The number of aromatic nitrogens is 5. The first-order chi connectivity index (χ1) is 22.2. The number of carbonyl (C=O) groups is 1. The van der Waals surface area contributed by atoms with E-state index in [-0.39, 0.29) is 44.6 Å². The Hall–Kier alpha value is -4.87. The minimum absolute atomic E-state index is 0.0275. The fraction of sp³-hybridized carbons (Fsp3) is 0.294. The summed E-state index contributed by atoms with van der Waals surface area (Å²) >= 11 is 6.79. The van der Waals surface area contributed by atoms with Crippen molar-refractivity contribution < 1.29 is 14.6 Å². The number of aryl methyl sites for hydroxylation is 1. The maximum absolute atomic E-state index is 14.2. The molecule has 0 spiro atoms. The Morgan fingerprint density at radius 2 is 1.83 bits per heavy atom. The zero-order valence-corrected chi connectivity index (χ0v) is 26.4. The molecule has 1 fully saturated rings. The van der Waals surface area contributed by atoms with Crippen LogP contribution in [-0.4, -0.2) is 65.8 Å². The predicted octanol–water partition coefficient (Wildman–Crippen LogP) is 5.47. The molecule has 4 heterocycles. The van der Waals surface area contributed by atoms with Gasteiger partial charge in [-0.05, 0) is 44.4 Å². The van der Waals surface area contributed by atoms with Crippen LogP contribution < -0.4 is 10.9 Å². The molecular formula is C34H34ClN7O4. The molecule has 0 unspecified atom stereocenters. The summed E-state index contributed by atoms with van der Waals surface area (Å²) in [4.78, 5) is 46.4. The zero-order valence-electron chi connectivity index (χ0n) is 25.6. The molecular weight excluding hydrogens is 606 g/mol. The number of hydrogen-bond acceptors (Lipinski definition) is 9. The molecule has 12 heteroatoms. The molecule has 11 nitrogen and oxygen atoms in total. The molecule has 1 aliphatic rings. The maximum Gasteiger partial charge on any atom is 0.410 e.